The third-order valence-corrected chi connectivity index (χ3v) is 3.33. The molecule has 0 aliphatic heterocycles. The van der Waals surface area contributed by atoms with E-state index in [0.717, 1.165) is 22.2 Å². The van der Waals surface area contributed by atoms with Crippen molar-refractivity contribution in [3.05, 3.63) is 59.2 Å². The van der Waals surface area contributed by atoms with E-state index in [0.29, 0.717) is 11.6 Å². The summed E-state index contributed by atoms with van der Waals surface area (Å²) in [4.78, 5) is 0. The Balaban J connectivity index is 2.17. The van der Waals surface area contributed by atoms with Crippen molar-refractivity contribution in [3.8, 4) is 5.69 Å². The molecule has 2 N–H and O–H groups in total. The van der Waals surface area contributed by atoms with Crippen LogP contribution >= 0.6 is 11.6 Å². The van der Waals surface area contributed by atoms with E-state index in [4.69, 9.17) is 17.3 Å². The van der Waals surface area contributed by atoms with Gasteiger partial charge < -0.3 is 5.73 Å². The molecule has 0 fully saturated rings. The van der Waals surface area contributed by atoms with Crippen LogP contribution in [-0.2, 0) is 6.54 Å². The number of hydrogen-bond donors (Lipinski definition) is 1. The fraction of sp³-hybridized carbons (Fsp3) is 0.0714. The van der Waals surface area contributed by atoms with Crippen LogP contribution in [0.5, 0.6) is 0 Å². The molecule has 0 bridgehead atoms. The summed E-state index contributed by atoms with van der Waals surface area (Å²) >= 11 is 6.18. The van der Waals surface area contributed by atoms with Gasteiger partial charge in [0.2, 0.25) is 0 Å². The van der Waals surface area contributed by atoms with Crippen LogP contribution < -0.4 is 5.73 Å². The Hall–Kier alpha value is -1.84. The van der Waals surface area contributed by atoms with Gasteiger partial charge >= 0.3 is 0 Å². The summed E-state index contributed by atoms with van der Waals surface area (Å²) in [5.41, 5.74) is 8.55. The first kappa shape index (κ1) is 11.3. The van der Waals surface area contributed by atoms with Gasteiger partial charge in [0, 0.05) is 17.0 Å². The Morgan fingerprint density at radius 3 is 2.78 bits per heavy atom. The van der Waals surface area contributed by atoms with Gasteiger partial charge in [0.05, 0.1) is 17.4 Å². The molecule has 0 saturated heterocycles. The van der Waals surface area contributed by atoms with Crippen LogP contribution in [0, 0.1) is 0 Å². The number of fused-ring (bicyclic) bond motifs is 1. The van der Waals surface area contributed by atoms with Crippen LogP contribution in [0.1, 0.15) is 5.56 Å². The number of hydrogen-bond acceptors (Lipinski definition) is 2. The molecule has 90 valence electrons. The first-order valence-corrected chi connectivity index (χ1v) is 6.09. The van der Waals surface area contributed by atoms with E-state index in [1.165, 1.54) is 0 Å². The lowest BCUT2D eigenvalue weighted by Gasteiger charge is -2.06. The number of para-hydroxylation sites is 1. The van der Waals surface area contributed by atoms with Crippen molar-refractivity contribution in [3.63, 3.8) is 0 Å². The smallest absolute Gasteiger partial charge is 0.0741 e. The topological polar surface area (TPSA) is 43.8 Å². The van der Waals surface area contributed by atoms with Gasteiger partial charge in [-0.3, -0.25) is 0 Å². The minimum Gasteiger partial charge on any atom is -0.326 e. The summed E-state index contributed by atoms with van der Waals surface area (Å²) < 4.78 is 1.88. The summed E-state index contributed by atoms with van der Waals surface area (Å²) in [6.45, 7) is 0.443. The van der Waals surface area contributed by atoms with Gasteiger partial charge in [-0.2, -0.15) is 5.10 Å². The van der Waals surface area contributed by atoms with E-state index in [9.17, 15) is 0 Å². The number of nitrogens with zero attached hydrogens (tertiary/aromatic N) is 2. The van der Waals surface area contributed by atoms with Crippen LogP contribution in [0.3, 0.4) is 0 Å². The first-order valence-electron chi connectivity index (χ1n) is 5.71. The van der Waals surface area contributed by atoms with E-state index in [1.807, 2.05) is 53.3 Å². The van der Waals surface area contributed by atoms with Gasteiger partial charge in [-0.25, -0.2) is 4.68 Å². The molecule has 0 aliphatic rings. The highest BCUT2D eigenvalue weighted by Crippen LogP contribution is 2.23. The van der Waals surface area contributed by atoms with Gasteiger partial charge in [0.1, 0.15) is 0 Å². The summed E-state index contributed by atoms with van der Waals surface area (Å²) in [5, 5.41) is 6.17. The second-order valence-corrected chi connectivity index (χ2v) is 4.50. The monoisotopic (exact) mass is 257 g/mol. The van der Waals surface area contributed by atoms with Gasteiger partial charge in [-0.15, -0.1) is 0 Å². The molecule has 0 unspecified atom stereocenters. The molecule has 1 aromatic heterocycles. The third-order valence-electron chi connectivity index (χ3n) is 2.98. The number of aromatic nitrogens is 2. The molecule has 3 aromatic rings. The summed E-state index contributed by atoms with van der Waals surface area (Å²) in [5.74, 6) is 0. The van der Waals surface area contributed by atoms with Crippen LogP contribution in [0.4, 0.5) is 0 Å². The molecule has 0 saturated carbocycles. The van der Waals surface area contributed by atoms with Crippen molar-refractivity contribution >= 4 is 22.5 Å². The Bertz CT molecular complexity index is 703. The largest absolute Gasteiger partial charge is 0.326 e. The van der Waals surface area contributed by atoms with E-state index in [-0.39, 0.29) is 0 Å². The maximum Gasteiger partial charge on any atom is 0.0741 e. The van der Waals surface area contributed by atoms with E-state index < -0.39 is 0 Å². The molecule has 0 amide bonds. The van der Waals surface area contributed by atoms with Gasteiger partial charge in [0.25, 0.3) is 0 Å². The van der Waals surface area contributed by atoms with Crippen molar-refractivity contribution in [2.45, 2.75) is 6.54 Å². The SMILES string of the molecule is NCc1ccc(-n2ncc3ccccc32)cc1Cl. The molecule has 0 spiro atoms. The molecule has 1 heterocycles. The molecule has 0 radical (unpaired) electrons. The second-order valence-electron chi connectivity index (χ2n) is 4.10. The number of nitrogens with two attached hydrogens (primary N) is 1. The molecule has 3 rings (SSSR count). The second kappa shape index (κ2) is 4.44. The predicted molar refractivity (Wildman–Crippen MR) is 74.0 cm³/mol. The Labute approximate surface area is 110 Å². The number of rotatable bonds is 2. The number of benzene rings is 2. The van der Waals surface area contributed by atoms with Crippen molar-refractivity contribution in [1.29, 1.82) is 0 Å². The Morgan fingerprint density at radius 1 is 1.17 bits per heavy atom. The highest BCUT2D eigenvalue weighted by atomic mass is 35.5. The van der Waals surface area contributed by atoms with Gasteiger partial charge in [-0.1, -0.05) is 35.9 Å². The zero-order valence-electron chi connectivity index (χ0n) is 9.68. The highest BCUT2D eigenvalue weighted by molar-refractivity contribution is 6.31. The van der Waals surface area contributed by atoms with Gasteiger partial charge in [0.15, 0.2) is 0 Å². The molecule has 2 aromatic carbocycles. The zero-order valence-corrected chi connectivity index (χ0v) is 10.4. The maximum absolute atomic E-state index is 6.18. The Morgan fingerprint density at radius 2 is 2.00 bits per heavy atom. The quantitative estimate of drug-likeness (QED) is 0.767. The minimum atomic E-state index is 0.443. The third kappa shape index (κ3) is 1.78. The maximum atomic E-state index is 6.18. The van der Waals surface area contributed by atoms with E-state index in [1.54, 1.807) is 0 Å². The van der Waals surface area contributed by atoms with E-state index in [2.05, 4.69) is 5.10 Å². The van der Waals surface area contributed by atoms with Crippen LogP contribution in [0.25, 0.3) is 16.6 Å². The molecule has 0 atom stereocenters. The summed E-state index contributed by atoms with van der Waals surface area (Å²) in [6, 6.07) is 13.9. The molecule has 18 heavy (non-hydrogen) atoms. The lowest BCUT2D eigenvalue weighted by molar-refractivity contribution is 0.908. The van der Waals surface area contributed by atoms with E-state index >= 15 is 0 Å². The normalized spacial score (nSPS) is 11.0. The fourth-order valence-electron chi connectivity index (χ4n) is 2.01. The summed E-state index contributed by atoms with van der Waals surface area (Å²) in [6.07, 6.45) is 1.85. The lowest BCUT2D eigenvalue weighted by Crippen LogP contribution is -2.00. The minimum absolute atomic E-state index is 0.443. The highest BCUT2D eigenvalue weighted by Gasteiger charge is 2.06. The fourth-order valence-corrected chi connectivity index (χ4v) is 2.26. The molecule has 0 aliphatic carbocycles. The molecule has 3 nitrogen and oxygen atoms in total. The Kier molecular flexibility index (Phi) is 2.78. The summed E-state index contributed by atoms with van der Waals surface area (Å²) in [7, 11) is 0. The van der Waals surface area contributed by atoms with Crippen LogP contribution in [-0.4, -0.2) is 9.78 Å². The van der Waals surface area contributed by atoms with Crippen LogP contribution in [0.2, 0.25) is 5.02 Å². The van der Waals surface area contributed by atoms with Crippen molar-refractivity contribution < 1.29 is 0 Å². The van der Waals surface area contributed by atoms with Crippen molar-refractivity contribution in [2.24, 2.45) is 5.73 Å². The first-order chi connectivity index (χ1) is 8.79. The molecular weight excluding hydrogens is 246 g/mol. The zero-order chi connectivity index (χ0) is 12.5. The molecule has 4 heteroatoms. The van der Waals surface area contributed by atoms with Crippen molar-refractivity contribution in [1.82, 2.24) is 9.78 Å². The molecular formula is C14H12ClN3. The standard InChI is InChI=1S/C14H12ClN3/c15-13-7-12(6-5-10(13)8-16)18-14-4-2-1-3-11(14)9-17-18/h1-7,9H,8,16H2. The lowest BCUT2D eigenvalue weighted by atomic mass is 10.2. The van der Waals surface area contributed by atoms with Crippen molar-refractivity contribution in [2.75, 3.05) is 0 Å². The van der Waals surface area contributed by atoms with Crippen LogP contribution in [0.15, 0.2) is 48.7 Å². The number of halogens is 1. The average Bonchev–Trinajstić information content (AvgIpc) is 2.82. The average molecular weight is 258 g/mol. The van der Waals surface area contributed by atoms with Gasteiger partial charge in [-0.05, 0) is 23.8 Å². The predicted octanol–water partition coefficient (Wildman–Crippen LogP) is 3.14.